The third-order valence-corrected chi connectivity index (χ3v) is 23.0. The van der Waals surface area contributed by atoms with E-state index in [1.54, 1.807) is 0 Å². The van der Waals surface area contributed by atoms with Gasteiger partial charge in [0.05, 0.1) is 100 Å². The van der Waals surface area contributed by atoms with Gasteiger partial charge in [-0.15, -0.1) is 0 Å². The summed E-state index contributed by atoms with van der Waals surface area (Å²) in [6.45, 7) is 38.8. The van der Waals surface area contributed by atoms with Crippen molar-refractivity contribution >= 4 is 47.8 Å². The van der Waals surface area contributed by atoms with Crippen molar-refractivity contribution in [2.75, 3.05) is 52.9 Å². The third kappa shape index (κ3) is 40.2. The maximum absolute atomic E-state index is 11.7. The van der Waals surface area contributed by atoms with Crippen LogP contribution in [0.4, 0.5) is 0 Å². The van der Waals surface area contributed by atoms with Gasteiger partial charge in [-0.3, -0.25) is 38.4 Å². The smallest absolute Gasteiger partial charge is 0.309 e. The molecule has 0 amide bonds. The van der Waals surface area contributed by atoms with Gasteiger partial charge >= 0.3 is 47.8 Å². The number of hydrogen-bond donors (Lipinski definition) is 0. The van der Waals surface area contributed by atoms with Crippen LogP contribution in [-0.4, -0.2) is 101 Å². The molecule has 13 unspecified atom stereocenters. The minimum Gasteiger partial charge on any atom is -0.466 e. The number of ether oxygens (including phenoxy) is 8. The van der Waals surface area contributed by atoms with E-state index in [1.807, 2.05) is 55.4 Å². The molecule has 8 aliphatic carbocycles. The molecule has 0 aliphatic heterocycles. The van der Waals surface area contributed by atoms with Crippen molar-refractivity contribution in [3.8, 4) is 0 Å². The number of esters is 8. The summed E-state index contributed by atoms with van der Waals surface area (Å²) in [5, 5.41) is 0. The average Bonchev–Trinajstić information content (AvgIpc) is 1.93. The lowest BCUT2D eigenvalue weighted by Gasteiger charge is -2.32. The molecule has 0 aromatic rings. The fourth-order valence-electron chi connectivity index (χ4n) is 16.1. The van der Waals surface area contributed by atoms with Crippen molar-refractivity contribution < 1.29 is 76.3 Å². The zero-order valence-corrected chi connectivity index (χ0v) is 67.8. The van der Waals surface area contributed by atoms with Crippen molar-refractivity contribution in [1.82, 2.24) is 0 Å². The monoisotopic (exact) mass is 1430 g/mol. The van der Waals surface area contributed by atoms with E-state index in [0.29, 0.717) is 88.4 Å². The molecule has 0 saturated heterocycles. The summed E-state index contributed by atoms with van der Waals surface area (Å²) in [5.74, 6) is 7.30. The highest BCUT2D eigenvalue weighted by atomic mass is 16.6. The quantitative estimate of drug-likeness (QED) is 0.0709. The Balaban J connectivity index is 0.000000578. The fourth-order valence-corrected chi connectivity index (χ4v) is 16.1. The molecular formula is C85H154O16. The first-order valence-electron chi connectivity index (χ1n) is 41.8. The Morgan fingerprint density at radius 2 is 0.485 bits per heavy atom. The topological polar surface area (TPSA) is 210 Å². The highest BCUT2D eigenvalue weighted by Crippen LogP contribution is 2.38. The zero-order chi connectivity index (χ0) is 75.5. The van der Waals surface area contributed by atoms with E-state index in [-0.39, 0.29) is 95.1 Å². The van der Waals surface area contributed by atoms with Crippen LogP contribution in [0.3, 0.4) is 0 Å². The summed E-state index contributed by atoms with van der Waals surface area (Å²) in [6, 6.07) is 0. The Kier molecular flexibility index (Phi) is 54.4. The van der Waals surface area contributed by atoms with E-state index in [1.165, 1.54) is 154 Å². The molecule has 8 fully saturated rings. The number of carbonyl (C=O) groups excluding carboxylic acids is 8. The predicted molar refractivity (Wildman–Crippen MR) is 405 cm³/mol. The van der Waals surface area contributed by atoms with Gasteiger partial charge in [-0.05, 0) is 237 Å². The van der Waals surface area contributed by atoms with Crippen LogP contribution in [0.1, 0.15) is 342 Å². The second-order valence-electron chi connectivity index (χ2n) is 30.9. The number of carbonyl (C=O) groups is 8. The Morgan fingerprint density at radius 3 is 0.832 bits per heavy atom. The summed E-state index contributed by atoms with van der Waals surface area (Å²) >= 11 is 0. The third-order valence-electron chi connectivity index (χ3n) is 23.0. The van der Waals surface area contributed by atoms with E-state index in [0.717, 1.165) is 88.4 Å². The van der Waals surface area contributed by atoms with Crippen LogP contribution in [0, 0.1) is 101 Å². The Bertz CT molecular complexity index is 2170. The molecule has 0 aromatic heterocycles. The van der Waals surface area contributed by atoms with Crippen LogP contribution in [0.25, 0.3) is 0 Å². The van der Waals surface area contributed by atoms with E-state index in [2.05, 4.69) is 62.3 Å². The highest BCUT2D eigenvalue weighted by Gasteiger charge is 2.35. The maximum atomic E-state index is 11.7. The molecule has 590 valence electrons. The van der Waals surface area contributed by atoms with Crippen molar-refractivity contribution in [3.05, 3.63) is 0 Å². The standard InChI is InChI=1S/2C12H22O2.2C11H20O2.3C10H18O2.C9H16O2/c1-4-10-7-6-9(3)11(8-10)12(13)14-5-2;1-3-14-12(13)11-9-7-5-4-6-8-10(11)2;1-3-13-11(12)10-8-6-4-5-7-9(10)2;1-3-9-5-7-10(8-6-9)11(12)13-4-2;1-3-12-10(11)9-6-4-8(2)5-7-9;1-3-12-10(11)9-6-4-5-8(2)7-9;1-3-12-10(11)9-7-5-4-6-8(9)2;1-3-11-9(10)8-6-4-5-7(8)2/h9-11H,4-8H2,1-3H3;10-11H,3-9H2,1-2H3;2*9-10H,3-8H2,1-2H3;3*8-9H,3-7H2,1-2H3;7-8H,3-6H2,1-2H3. The van der Waals surface area contributed by atoms with Crippen LogP contribution in [-0.2, 0) is 76.3 Å². The van der Waals surface area contributed by atoms with Crippen LogP contribution in [0.15, 0.2) is 0 Å². The van der Waals surface area contributed by atoms with Crippen LogP contribution in [0.2, 0.25) is 0 Å². The Labute approximate surface area is 617 Å². The van der Waals surface area contributed by atoms with Gasteiger partial charge in [-0.25, -0.2) is 0 Å². The van der Waals surface area contributed by atoms with E-state index in [9.17, 15) is 38.4 Å². The minimum absolute atomic E-state index is 0.0116. The van der Waals surface area contributed by atoms with Gasteiger partial charge in [0.15, 0.2) is 0 Å². The van der Waals surface area contributed by atoms with E-state index in [4.69, 9.17) is 37.9 Å². The van der Waals surface area contributed by atoms with Crippen LogP contribution < -0.4 is 0 Å². The summed E-state index contributed by atoms with van der Waals surface area (Å²) in [6.07, 6.45) is 40.7. The molecule has 0 spiro atoms. The molecule has 0 N–H and O–H groups in total. The molecule has 8 saturated carbocycles. The lowest BCUT2D eigenvalue weighted by atomic mass is 9.74. The van der Waals surface area contributed by atoms with Crippen molar-refractivity contribution in [3.63, 3.8) is 0 Å². The second-order valence-corrected chi connectivity index (χ2v) is 30.9. The van der Waals surface area contributed by atoms with E-state index >= 15 is 0 Å². The molecule has 0 radical (unpaired) electrons. The largest absolute Gasteiger partial charge is 0.466 e. The molecule has 16 heteroatoms. The van der Waals surface area contributed by atoms with Crippen molar-refractivity contribution in [2.24, 2.45) is 101 Å². The second kappa shape index (κ2) is 58.0. The molecule has 16 nitrogen and oxygen atoms in total. The molecule has 8 rings (SSSR count). The SMILES string of the molecule is CCOC(=O)C1CC(CC)CCC1C.CCOC(=O)C1CCC(C)CC1.CCOC(=O)C1CCC(CC)CC1.CCOC(=O)C1CCCC(C)C1.CCOC(=O)C1CCCC1C.CCOC(=O)C1CCCCC1C.CCOC(=O)C1CCCCCC1C.CCOC(=O)C1CCCCCCC1C. The van der Waals surface area contributed by atoms with Gasteiger partial charge in [0.25, 0.3) is 0 Å². The first kappa shape index (κ1) is 94.8. The molecule has 8 aliphatic rings. The summed E-state index contributed by atoms with van der Waals surface area (Å²) in [5.41, 5.74) is 0. The zero-order valence-electron chi connectivity index (χ0n) is 67.8. The van der Waals surface area contributed by atoms with Crippen LogP contribution in [0.5, 0.6) is 0 Å². The first-order chi connectivity index (χ1) is 48.4. The normalized spacial score (nSPS) is 29.9. The van der Waals surface area contributed by atoms with Gasteiger partial charge in [0, 0.05) is 0 Å². The average molecular weight is 1430 g/mol. The van der Waals surface area contributed by atoms with Gasteiger partial charge in [-0.1, -0.05) is 159 Å². The van der Waals surface area contributed by atoms with Gasteiger partial charge in [0.1, 0.15) is 0 Å². The summed E-state index contributed by atoms with van der Waals surface area (Å²) < 4.78 is 40.2. The summed E-state index contributed by atoms with van der Waals surface area (Å²) in [7, 11) is 0. The fraction of sp³-hybridized carbons (Fsp3) is 0.906. The van der Waals surface area contributed by atoms with Gasteiger partial charge in [-0.2, -0.15) is 0 Å². The molecule has 0 bridgehead atoms. The molecule has 13 atom stereocenters. The van der Waals surface area contributed by atoms with Crippen molar-refractivity contribution in [1.29, 1.82) is 0 Å². The first-order valence-corrected chi connectivity index (χ1v) is 41.8. The van der Waals surface area contributed by atoms with Crippen molar-refractivity contribution in [2.45, 2.75) is 342 Å². The summed E-state index contributed by atoms with van der Waals surface area (Å²) in [4.78, 5) is 91.4. The Morgan fingerprint density at radius 1 is 0.218 bits per heavy atom. The predicted octanol–water partition coefficient (Wildman–Crippen LogP) is 20.8. The van der Waals surface area contributed by atoms with E-state index < -0.39 is 0 Å². The molecular weight excluding hydrogens is 1280 g/mol. The molecule has 0 aromatic carbocycles. The Hall–Kier alpha value is -4.24. The minimum atomic E-state index is 0.0116. The number of rotatable bonds is 18. The maximum Gasteiger partial charge on any atom is 0.309 e. The molecule has 0 heterocycles. The lowest BCUT2D eigenvalue weighted by Crippen LogP contribution is -2.30. The van der Waals surface area contributed by atoms with Gasteiger partial charge < -0.3 is 37.9 Å². The molecule has 101 heavy (non-hydrogen) atoms. The van der Waals surface area contributed by atoms with Gasteiger partial charge in [0.2, 0.25) is 0 Å². The van der Waals surface area contributed by atoms with Crippen LogP contribution >= 0.6 is 0 Å². The lowest BCUT2D eigenvalue weighted by molar-refractivity contribution is -0.152. The highest BCUT2D eigenvalue weighted by molar-refractivity contribution is 5.75. The number of hydrogen-bond acceptors (Lipinski definition) is 16.